The third-order valence-electron chi connectivity index (χ3n) is 3.76. The summed E-state index contributed by atoms with van der Waals surface area (Å²) in [5, 5.41) is 0. The molecule has 0 aliphatic carbocycles. The van der Waals surface area contributed by atoms with Crippen molar-refractivity contribution in [3.8, 4) is 0 Å². The Kier molecular flexibility index (Phi) is 11.2. The van der Waals surface area contributed by atoms with Crippen LogP contribution in [0.5, 0.6) is 0 Å². The highest BCUT2D eigenvalue weighted by Gasteiger charge is 2.54. The van der Waals surface area contributed by atoms with Crippen molar-refractivity contribution in [1.82, 2.24) is 7.79 Å². The van der Waals surface area contributed by atoms with E-state index in [9.17, 15) is 0 Å². The van der Waals surface area contributed by atoms with Crippen molar-refractivity contribution in [1.29, 1.82) is 0 Å². The second kappa shape index (κ2) is 10.7. The van der Waals surface area contributed by atoms with Crippen LogP contribution in [0.4, 0.5) is 0 Å². The van der Waals surface area contributed by atoms with Gasteiger partial charge in [0.1, 0.15) is 24.7 Å². The number of nitrogens with zero attached hydrogens (tertiary/aromatic N) is 2. The summed E-state index contributed by atoms with van der Waals surface area (Å²) in [5.74, 6) is 0. The maximum Gasteiger partial charge on any atom is 0.457 e. The van der Waals surface area contributed by atoms with Crippen molar-refractivity contribution in [3.63, 3.8) is 0 Å². The average molecular weight is 571 g/mol. The summed E-state index contributed by atoms with van der Waals surface area (Å²) in [4.78, 5) is 0. The topological polar surface area (TPSA) is 34.2 Å². The molecule has 0 saturated heterocycles. The van der Waals surface area contributed by atoms with Gasteiger partial charge in [-0.05, 0) is 58.9 Å². The van der Waals surface area contributed by atoms with Gasteiger partial charge in [-0.3, -0.25) is 3.90 Å². The van der Waals surface area contributed by atoms with Gasteiger partial charge in [0.25, 0.3) is 0 Å². The fraction of sp³-hybridized carbons (Fsp3) is 1.00. The molecule has 0 spiro atoms. The summed E-state index contributed by atoms with van der Waals surface area (Å²) in [6, 6.07) is 0. The highest BCUT2D eigenvalue weighted by atomic mass is 28.5. The molecule has 0 aromatic heterocycles. The molecule has 0 aliphatic rings. The smallest absolute Gasteiger partial charge is 0.434 e. The van der Waals surface area contributed by atoms with Gasteiger partial charge in [-0.2, -0.15) is 0 Å². The normalized spacial score (nSPS) is 15.7. The van der Waals surface area contributed by atoms with Crippen molar-refractivity contribution in [2.45, 2.75) is 118 Å². The van der Waals surface area contributed by atoms with E-state index in [-0.39, 0.29) is 0 Å². The molecule has 31 heavy (non-hydrogen) atoms. The van der Waals surface area contributed by atoms with Gasteiger partial charge in [-0.1, -0.05) is 58.9 Å². The molecule has 0 rings (SSSR count). The Morgan fingerprint density at radius 3 is 0.903 bits per heavy atom. The highest BCUT2D eigenvalue weighted by molar-refractivity contribution is 7.04. The van der Waals surface area contributed by atoms with Gasteiger partial charge in [-0.15, -0.1) is 0 Å². The molecule has 13 heteroatoms. The van der Waals surface area contributed by atoms with E-state index in [1.54, 1.807) is 0 Å². The molecule has 0 unspecified atom stereocenters. The van der Waals surface area contributed by atoms with Crippen molar-refractivity contribution in [3.05, 3.63) is 0 Å². The minimum atomic E-state index is -1.81. The summed E-state index contributed by atoms with van der Waals surface area (Å²) in [7, 11) is -13.5. The van der Waals surface area contributed by atoms with E-state index in [4.69, 9.17) is 12.3 Å². The van der Waals surface area contributed by atoms with Gasteiger partial charge in [-0.25, -0.2) is 0 Å². The van der Waals surface area contributed by atoms with Crippen LogP contribution in [-0.2, 0) is 12.3 Å². The van der Waals surface area contributed by atoms with Crippen LogP contribution in [-0.4, -0.2) is 76.3 Å². The second-order valence-electron chi connectivity index (χ2n) is 14.4. The zero-order valence-electron chi connectivity index (χ0n) is 24.1. The fourth-order valence-corrected chi connectivity index (χ4v) is 35.3. The molecule has 0 fully saturated rings. The fourth-order valence-electron chi connectivity index (χ4n) is 3.32. The van der Waals surface area contributed by atoms with Crippen molar-refractivity contribution in [2.24, 2.45) is 0 Å². The lowest BCUT2D eigenvalue weighted by Gasteiger charge is -2.55. The maximum absolute atomic E-state index is 7.24. The SMILES string of the molecule is C[Si](C)(C)O[Si](O[Si](C)(C)C)N([Si](O[Si](C)(C)C)N([Si](C)(C)C)[Si](C)(C)C)[Si](C)(C)C. The molecule has 0 heterocycles. The molecule has 0 aromatic rings. The van der Waals surface area contributed by atoms with Gasteiger partial charge in [0.2, 0.25) is 0 Å². The molecule has 0 aromatic carbocycles. The summed E-state index contributed by atoms with van der Waals surface area (Å²) >= 11 is 0. The first-order valence-corrected chi connectivity index (χ1v) is 34.7. The maximum atomic E-state index is 7.24. The van der Waals surface area contributed by atoms with Crippen LogP contribution in [0.25, 0.3) is 0 Å². The second-order valence-corrected chi connectivity index (χ2v) is 49.0. The number of rotatable bonds is 12. The zero-order valence-corrected chi connectivity index (χ0v) is 32.1. The number of hydrogen-bond acceptors (Lipinski definition) is 5. The van der Waals surface area contributed by atoms with Gasteiger partial charge >= 0.3 is 18.8 Å². The van der Waals surface area contributed by atoms with Gasteiger partial charge < -0.3 is 16.2 Å². The Morgan fingerprint density at radius 1 is 0.419 bits per heavy atom. The van der Waals surface area contributed by atoms with Gasteiger partial charge in [0, 0.05) is 0 Å². The van der Waals surface area contributed by atoms with Crippen LogP contribution in [0.3, 0.4) is 0 Å². The lowest BCUT2D eigenvalue weighted by atomic mass is 11.8. The Balaban J connectivity index is 6.96. The monoisotopic (exact) mass is 570 g/mol. The Labute approximate surface area is 205 Å². The third-order valence-corrected chi connectivity index (χ3v) is 33.9. The standard InChI is InChI=1S/C18H54N2O3Si8/c1-26(2,3)19(25(22-30(13,14)15)23-31(16,17)18)24(21-29(10,11)12)20(27(4,5)6)28(7,8)9/h1-18H3. The predicted molar refractivity (Wildman–Crippen MR) is 159 cm³/mol. The predicted octanol–water partition coefficient (Wildman–Crippen LogP) is 6.62. The Morgan fingerprint density at radius 2 is 0.710 bits per heavy atom. The van der Waals surface area contributed by atoms with E-state index < -0.39 is 68.5 Å². The van der Waals surface area contributed by atoms with Gasteiger partial charge in [0.05, 0.1) is 0 Å². The molecule has 0 saturated carbocycles. The minimum Gasteiger partial charge on any atom is -0.434 e. The van der Waals surface area contributed by atoms with Crippen LogP contribution < -0.4 is 0 Å². The Bertz CT molecular complexity index is 539. The molecular weight excluding hydrogens is 517 g/mol. The third kappa shape index (κ3) is 12.7. The first-order valence-electron chi connectivity index (χ1n) is 11.6. The first kappa shape index (κ1) is 32.5. The van der Waals surface area contributed by atoms with E-state index in [1.807, 2.05) is 0 Å². The van der Waals surface area contributed by atoms with Crippen LogP contribution >= 0.6 is 0 Å². The molecular formula is C18H54N2O3Si8. The van der Waals surface area contributed by atoms with E-state index in [2.05, 4.69) is 126 Å². The quantitative estimate of drug-likeness (QED) is 0.246. The van der Waals surface area contributed by atoms with Crippen LogP contribution in [0, 0.1) is 0 Å². The van der Waals surface area contributed by atoms with E-state index in [0.717, 1.165) is 0 Å². The lowest BCUT2D eigenvalue weighted by Crippen LogP contribution is -2.79. The summed E-state index contributed by atoms with van der Waals surface area (Å²) in [6.45, 7) is 43.2. The molecule has 0 atom stereocenters. The van der Waals surface area contributed by atoms with E-state index in [1.165, 1.54) is 0 Å². The minimum absolute atomic E-state index is 1.44. The van der Waals surface area contributed by atoms with Crippen molar-refractivity contribution in [2.75, 3.05) is 0 Å². The summed E-state index contributed by atoms with van der Waals surface area (Å²) in [6.07, 6.45) is 0. The van der Waals surface area contributed by atoms with E-state index >= 15 is 0 Å². The van der Waals surface area contributed by atoms with Gasteiger partial charge in [0.15, 0.2) is 25.0 Å². The van der Waals surface area contributed by atoms with Crippen LogP contribution in [0.2, 0.25) is 118 Å². The first-order chi connectivity index (χ1) is 13.2. The highest BCUT2D eigenvalue weighted by Crippen LogP contribution is 2.30. The Hall–Kier alpha value is 1.54. The van der Waals surface area contributed by atoms with Crippen molar-refractivity contribution >= 4 is 68.5 Å². The lowest BCUT2D eigenvalue weighted by molar-refractivity contribution is 0.363. The average Bonchev–Trinajstić information content (AvgIpc) is 2.25. The molecule has 186 valence electrons. The van der Waals surface area contributed by atoms with E-state index in [0.29, 0.717) is 0 Å². The largest absolute Gasteiger partial charge is 0.457 e. The summed E-state index contributed by atoms with van der Waals surface area (Å²) in [5.41, 5.74) is 0. The number of hydrogen-bond donors (Lipinski definition) is 0. The van der Waals surface area contributed by atoms with Crippen LogP contribution in [0.15, 0.2) is 0 Å². The van der Waals surface area contributed by atoms with Crippen molar-refractivity contribution < 1.29 is 12.3 Å². The molecule has 2 radical (unpaired) electrons. The zero-order chi connectivity index (χ0) is 25.4. The summed E-state index contributed by atoms with van der Waals surface area (Å²) < 4.78 is 26.9. The molecule has 5 nitrogen and oxygen atoms in total. The molecule has 0 bridgehead atoms. The molecule has 0 N–H and O–H groups in total. The van der Waals surface area contributed by atoms with Crippen LogP contribution in [0.1, 0.15) is 0 Å². The molecule has 0 aliphatic heterocycles. The molecule has 0 amide bonds.